The van der Waals surface area contributed by atoms with Gasteiger partial charge >= 0.3 is 0 Å². The van der Waals surface area contributed by atoms with Gasteiger partial charge in [0, 0.05) is 35.8 Å². The van der Waals surface area contributed by atoms with Gasteiger partial charge in [-0.1, -0.05) is 0 Å². The van der Waals surface area contributed by atoms with Crippen LogP contribution in [-0.2, 0) is 6.54 Å². The quantitative estimate of drug-likeness (QED) is 0.943. The van der Waals surface area contributed by atoms with Gasteiger partial charge in [-0.3, -0.25) is 0 Å². The second-order valence-electron chi connectivity index (χ2n) is 4.01. The van der Waals surface area contributed by atoms with Gasteiger partial charge in [-0.2, -0.15) is 0 Å². The minimum atomic E-state index is 0.644. The summed E-state index contributed by atoms with van der Waals surface area (Å²) in [6.07, 6.45) is 3.93. The standard InChI is InChI=1S/C11H12BrN3S/c12-11-2-1-9(16-11)6-15-7-14-5-10(15)8-3-13-4-8/h1-2,5,7-8,13H,3-4,6H2. The van der Waals surface area contributed by atoms with Gasteiger partial charge in [0.25, 0.3) is 0 Å². The monoisotopic (exact) mass is 297 g/mol. The number of nitrogens with one attached hydrogen (secondary N) is 1. The van der Waals surface area contributed by atoms with Crippen molar-refractivity contribution in [1.82, 2.24) is 14.9 Å². The lowest BCUT2D eigenvalue weighted by atomic mass is 10.00. The van der Waals surface area contributed by atoms with Crippen LogP contribution in [0.1, 0.15) is 16.5 Å². The van der Waals surface area contributed by atoms with Crippen LogP contribution in [-0.4, -0.2) is 22.6 Å². The van der Waals surface area contributed by atoms with E-state index in [0.717, 1.165) is 19.6 Å². The molecule has 1 saturated heterocycles. The number of nitrogens with zero attached hydrogens (tertiary/aromatic N) is 2. The van der Waals surface area contributed by atoms with Crippen molar-refractivity contribution in [2.24, 2.45) is 0 Å². The Morgan fingerprint density at radius 1 is 1.50 bits per heavy atom. The normalized spacial score (nSPS) is 16.3. The van der Waals surface area contributed by atoms with Gasteiger partial charge in [0.1, 0.15) is 0 Å². The Morgan fingerprint density at radius 2 is 2.38 bits per heavy atom. The number of aromatic nitrogens is 2. The molecule has 0 amide bonds. The Morgan fingerprint density at radius 3 is 3.00 bits per heavy atom. The molecular formula is C11H12BrN3S. The van der Waals surface area contributed by atoms with E-state index in [2.05, 4.69) is 42.9 Å². The highest BCUT2D eigenvalue weighted by molar-refractivity contribution is 9.11. The molecule has 1 N–H and O–H groups in total. The molecule has 1 aliphatic heterocycles. The Balaban J connectivity index is 1.81. The number of rotatable bonds is 3. The van der Waals surface area contributed by atoms with Crippen molar-refractivity contribution in [3.63, 3.8) is 0 Å². The molecule has 1 aliphatic rings. The molecule has 0 saturated carbocycles. The van der Waals surface area contributed by atoms with E-state index >= 15 is 0 Å². The predicted molar refractivity (Wildman–Crippen MR) is 69.0 cm³/mol. The molecule has 0 bridgehead atoms. The average Bonchev–Trinajstić information content (AvgIpc) is 2.75. The average molecular weight is 298 g/mol. The van der Waals surface area contributed by atoms with E-state index in [-0.39, 0.29) is 0 Å². The molecule has 0 aliphatic carbocycles. The van der Waals surface area contributed by atoms with Crippen molar-refractivity contribution in [1.29, 1.82) is 0 Å². The zero-order valence-corrected chi connectivity index (χ0v) is 11.1. The molecule has 2 aromatic rings. The third-order valence-corrected chi connectivity index (χ3v) is 4.51. The van der Waals surface area contributed by atoms with Crippen molar-refractivity contribution in [3.8, 4) is 0 Å². The summed E-state index contributed by atoms with van der Waals surface area (Å²) in [7, 11) is 0. The fourth-order valence-electron chi connectivity index (χ4n) is 1.91. The number of imidazole rings is 1. The topological polar surface area (TPSA) is 29.9 Å². The molecule has 0 spiro atoms. The van der Waals surface area contributed by atoms with Crippen LogP contribution in [0, 0.1) is 0 Å². The third kappa shape index (κ3) is 1.95. The van der Waals surface area contributed by atoms with Gasteiger partial charge in [-0.25, -0.2) is 4.98 Å². The van der Waals surface area contributed by atoms with Crippen LogP contribution in [0.2, 0.25) is 0 Å². The van der Waals surface area contributed by atoms with Crippen molar-refractivity contribution >= 4 is 27.3 Å². The van der Waals surface area contributed by atoms with E-state index in [0.29, 0.717) is 5.92 Å². The molecule has 0 unspecified atom stereocenters. The van der Waals surface area contributed by atoms with E-state index in [1.54, 1.807) is 11.3 Å². The summed E-state index contributed by atoms with van der Waals surface area (Å²) in [4.78, 5) is 5.62. The summed E-state index contributed by atoms with van der Waals surface area (Å²) in [5.41, 5.74) is 1.35. The van der Waals surface area contributed by atoms with Crippen molar-refractivity contribution in [3.05, 3.63) is 39.0 Å². The third-order valence-electron chi connectivity index (χ3n) is 2.90. The lowest BCUT2D eigenvalue weighted by Crippen LogP contribution is -2.40. The fourth-order valence-corrected chi connectivity index (χ4v) is 3.39. The largest absolute Gasteiger partial charge is 0.329 e. The summed E-state index contributed by atoms with van der Waals surface area (Å²) in [5, 5.41) is 3.30. The maximum Gasteiger partial charge on any atom is 0.0951 e. The van der Waals surface area contributed by atoms with Crippen molar-refractivity contribution < 1.29 is 0 Å². The molecule has 5 heteroatoms. The highest BCUT2D eigenvalue weighted by Crippen LogP contribution is 2.25. The van der Waals surface area contributed by atoms with Gasteiger partial charge in [0.2, 0.25) is 0 Å². The summed E-state index contributed by atoms with van der Waals surface area (Å²) < 4.78 is 3.44. The molecule has 3 nitrogen and oxygen atoms in total. The highest BCUT2D eigenvalue weighted by atomic mass is 79.9. The van der Waals surface area contributed by atoms with Crippen LogP contribution in [0.25, 0.3) is 0 Å². The maximum atomic E-state index is 4.26. The Kier molecular flexibility index (Phi) is 2.83. The minimum absolute atomic E-state index is 0.644. The fraction of sp³-hybridized carbons (Fsp3) is 0.364. The van der Waals surface area contributed by atoms with E-state index in [9.17, 15) is 0 Å². The van der Waals surface area contributed by atoms with Crippen LogP contribution in [0.4, 0.5) is 0 Å². The first-order valence-electron chi connectivity index (χ1n) is 5.28. The van der Waals surface area contributed by atoms with Gasteiger partial charge in [0.15, 0.2) is 0 Å². The Labute approximate surface area is 107 Å². The summed E-state index contributed by atoms with van der Waals surface area (Å²) in [5.74, 6) is 0.644. The number of halogens is 1. The molecule has 16 heavy (non-hydrogen) atoms. The molecule has 2 aromatic heterocycles. The second-order valence-corrected chi connectivity index (χ2v) is 6.55. The number of hydrogen-bond donors (Lipinski definition) is 1. The van der Waals surface area contributed by atoms with Crippen molar-refractivity contribution in [2.45, 2.75) is 12.5 Å². The molecule has 0 aromatic carbocycles. The SMILES string of the molecule is Brc1ccc(Cn2cncc2C2CNC2)s1. The molecule has 0 radical (unpaired) electrons. The first-order chi connectivity index (χ1) is 7.83. The molecule has 3 rings (SSSR count). The van der Waals surface area contributed by atoms with Gasteiger partial charge in [0.05, 0.1) is 16.7 Å². The molecule has 0 atom stereocenters. The molecular weight excluding hydrogens is 286 g/mol. The second kappa shape index (κ2) is 4.31. The van der Waals surface area contributed by atoms with Crippen molar-refractivity contribution in [2.75, 3.05) is 13.1 Å². The van der Waals surface area contributed by atoms with Gasteiger partial charge in [-0.05, 0) is 28.1 Å². The zero-order valence-electron chi connectivity index (χ0n) is 8.69. The first kappa shape index (κ1) is 10.5. The smallest absolute Gasteiger partial charge is 0.0951 e. The van der Waals surface area contributed by atoms with Crippen LogP contribution < -0.4 is 5.32 Å². The highest BCUT2D eigenvalue weighted by Gasteiger charge is 2.22. The van der Waals surface area contributed by atoms with Crippen LogP contribution in [0.5, 0.6) is 0 Å². The molecule has 3 heterocycles. The van der Waals surface area contributed by atoms with E-state index in [1.807, 2.05) is 12.5 Å². The first-order valence-corrected chi connectivity index (χ1v) is 6.89. The summed E-state index contributed by atoms with van der Waals surface area (Å²) in [6, 6.07) is 4.26. The molecule has 84 valence electrons. The summed E-state index contributed by atoms with van der Waals surface area (Å²) in [6.45, 7) is 3.10. The van der Waals surface area contributed by atoms with E-state index in [1.165, 1.54) is 14.4 Å². The number of hydrogen-bond acceptors (Lipinski definition) is 3. The summed E-state index contributed by atoms with van der Waals surface area (Å²) >= 11 is 5.28. The Bertz CT molecular complexity index is 487. The molecule has 1 fully saturated rings. The predicted octanol–water partition coefficient (Wildman–Crippen LogP) is 2.44. The van der Waals surface area contributed by atoms with Crippen LogP contribution in [0.15, 0.2) is 28.4 Å². The lowest BCUT2D eigenvalue weighted by molar-refractivity contribution is 0.427. The maximum absolute atomic E-state index is 4.26. The van der Waals surface area contributed by atoms with E-state index in [4.69, 9.17) is 0 Å². The van der Waals surface area contributed by atoms with Crippen LogP contribution in [0.3, 0.4) is 0 Å². The van der Waals surface area contributed by atoms with Gasteiger partial charge < -0.3 is 9.88 Å². The Hall–Kier alpha value is -0.650. The zero-order chi connectivity index (χ0) is 11.0. The number of thiophene rings is 1. The lowest BCUT2D eigenvalue weighted by Gasteiger charge is -2.27. The van der Waals surface area contributed by atoms with Gasteiger partial charge in [-0.15, -0.1) is 11.3 Å². The van der Waals surface area contributed by atoms with E-state index < -0.39 is 0 Å². The van der Waals surface area contributed by atoms with Crippen LogP contribution >= 0.6 is 27.3 Å². The minimum Gasteiger partial charge on any atom is -0.329 e.